The number of benzene rings is 2. The van der Waals surface area contributed by atoms with Gasteiger partial charge in [-0.15, -0.1) is 5.10 Å². The summed E-state index contributed by atoms with van der Waals surface area (Å²) >= 11 is 0. The predicted octanol–water partition coefficient (Wildman–Crippen LogP) is 2.84. The van der Waals surface area contributed by atoms with Gasteiger partial charge in [-0.05, 0) is 19.1 Å². The molecule has 0 spiro atoms. The average Bonchev–Trinajstić information content (AvgIpc) is 2.92. The summed E-state index contributed by atoms with van der Waals surface area (Å²) in [6.45, 7) is 2.26. The van der Waals surface area contributed by atoms with Crippen molar-refractivity contribution in [1.29, 1.82) is 0 Å². The molecule has 0 radical (unpaired) electrons. The van der Waals surface area contributed by atoms with E-state index >= 15 is 0 Å². The van der Waals surface area contributed by atoms with Crippen LogP contribution in [-0.2, 0) is 6.54 Å². The van der Waals surface area contributed by atoms with Gasteiger partial charge >= 0.3 is 0 Å². The summed E-state index contributed by atoms with van der Waals surface area (Å²) in [4.78, 5) is 0. The molecule has 0 fully saturated rings. The summed E-state index contributed by atoms with van der Waals surface area (Å²) in [5.74, 6) is -0.348. The highest BCUT2D eigenvalue weighted by Crippen LogP contribution is 2.26. The van der Waals surface area contributed by atoms with Crippen LogP contribution in [0.3, 0.4) is 0 Å². The molecule has 5 heteroatoms. The Bertz CT molecular complexity index is 762. The van der Waals surface area contributed by atoms with Gasteiger partial charge in [-0.25, -0.2) is 9.07 Å². The molecule has 1 aromatic heterocycles. The lowest BCUT2D eigenvalue weighted by Crippen LogP contribution is -2.04. The minimum Gasteiger partial charge on any atom is -0.325 e. The van der Waals surface area contributed by atoms with E-state index in [1.54, 1.807) is 18.2 Å². The van der Waals surface area contributed by atoms with Crippen LogP contribution in [0.5, 0.6) is 0 Å². The first-order valence-electron chi connectivity index (χ1n) is 6.67. The van der Waals surface area contributed by atoms with Crippen molar-refractivity contribution in [2.75, 3.05) is 0 Å². The van der Waals surface area contributed by atoms with Crippen LogP contribution in [0.25, 0.3) is 16.9 Å². The first-order valence-corrected chi connectivity index (χ1v) is 6.67. The fraction of sp³-hybridized carbons (Fsp3) is 0.125. The molecule has 1 heterocycles. The van der Waals surface area contributed by atoms with Crippen LogP contribution in [0.2, 0.25) is 0 Å². The maximum absolute atomic E-state index is 14.0. The number of nitrogens with two attached hydrogens (primary N) is 1. The van der Waals surface area contributed by atoms with Gasteiger partial charge in [-0.2, -0.15) is 0 Å². The Balaban J connectivity index is 2.22. The van der Waals surface area contributed by atoms with Crippen LogP contribution in [-0.4, -0.2) is 15.0 Å². The van der Waals surface area contributed by atoms with Gasteiger partial charge in [0.05, 0.1) is 5.69 Å². The number of rotatable bonds is 3. The van der Waals surface area contributed by atoms with Crippen LogP contribution in [0, 0.1) is 12.7 Å². The van der Waals surface area contributed by atoms with Gasteiger partial charge < -0.3 is 5.73 Å². The quantitative estimate of drug-likeness (QED) is 0.803. The molecule has 0 aliphatic rings. The zero-order chi connectivity index (χ0) is 14.8. The van der Waals surface area contributed by atoms with E-state index in [2.05, 4.69) is 10.3 Å². The zero-order valence-corrected chi connectivity index (χ0v) is 11.6. The fourth-order valence-corrected chi connectivity index (χ4v) is 2.24. The maximum atomic E-state index is 14.0. The molecule has 106 valence electrons. The van der Waals surface area contributed by atoms with Gasteiger partial charge in [0.25, 0.3) is 0 Å². The predicted molar refractivity (Wildman–Crippen MR) is 79.4 cm³/mol. The van der Waals surface area contributed by atoms with Crippen LogP contribution < -0.4 is 5.73 Å². The molecule has 0 aliphatic carbocycles. The van der Waals surface area contributed by atoms with Crippen LogP contribution in [0.1, 0.15) is 11.3 Å². The van der Waals surface area contributed by atoms with Crippen molar-refractivity contribution >= 4 is 0 Å². The number of nitrogens with zero attached hydrogens (tertiary/aromatic N) is 3. The number of hydrogen-bond donors (Lipinski definition) is 1. The molecule has 0 saturated heterocycles. The Kier molecular flexibility index (Phi) is 3.50. The fourth-order valence-electron chi connectivity index (χ4n) is 2.24. The molecule has 4 nitrogen and oxygen atoms in total. The molecule has 3 rings (SSSR count). The molecule has 3 aromatic rings. The molecule has 2 N–H and O–H groups in total. The number of aromatic nitrogens is 3. The Morgan fingerprint density at radius 2 is 1.81 bits per heavy atom. The van der Waals surface area contributed by atoms with Gasteiger partial charge in [-0.3, -0.25) is 0 Å². The standard InChI is InChI=1S/C16H15FN4/c1-11-6-8-12(9-7-11)16-14(10-18)19-20-21(16)15-5-3-2-4-13(15)17/h2-9H,10,18H2,1H3. The molecule has 0 saturated carbocycles. The molecular formula is C16H15FN4. The van der Waals surface area contributed by atoms with Crippen molar-refractivity contribution in [3.63, 3.8) is 0 Å². The summed E-state index contributed by atoms with van der Waals surface area (Å²) in [6.07, 6.45) is 0. The van der Waals surface area contributed by atoms with Gasteiger partial charge in [0.2, 0.25) is 0 Å². The second-order valence-electron chi connectivity index (χ2n) is 4.82. The monoisotopic (exact) mass is 282 g/mol. The highest BCUT2D eigenvalue weighted by atomic mass is 19.1. The lowest BCUT2D eigenvalue weighted by atomic mass is 10.1. The smallest absolute Gasteiger partial charge is 0.148 e. The molecule has 21 heavy (non-hydrogen) atoms. The van der Waals surface area contributed by atoms with Gasteiger partial charge in [-0.1, -0.05) is 47.2 Å². The molecule has 0 aliphatic heterocycles. The van der Waals surface area contributed by atoms with E-state index in [1.807, 2.05) is 31.2 Å². The van der Waals surface area contributed by atoms with E-state index in [0.29, 0.717) is 11.4 Å². The van der Waals surface area contributed by atoms with Crippen molar-refractivity contribution in [3.05, 3.63) is 65.6 Å². The van der Waals surface area contributed by atoms with E-state index in [1.165, 1.54) is 10.7 Å². The Morgan fingerprint density at radius 1 is 1.10 bits per heavy atom. The molecular weight excluding hydrogens is 267 g/mol. The SMILES string of the molecule is Cc1ccc(-c2c(CN)nnn2-c2ccccc2F)cc1. The van der Waals surface area contributed by atoms with Gasteiger partial charge in [0, 0.05) is 12.1 Å². The van der Waals surface area contributed by atoms with E-state index in [9.17, 15) is 4.39 Å². The lowest BCUT2D eigenvalue weighted by molar-refractivity contribution is 0.608. The topological polar surface area (TPSA) is 56.7 Å². The molecule has 2 aromatic carbocycles. The summed E-state index contributed by atoms with van der Waals surface area (Å²) < 4.78 is 15.5. The van der Waals surface area contributed by atoms with Crippen molar-refractivity contribution in [3.8, 4) is 16.9 Å². The number of halogens is 1. The Labute approximate surface area is 122 Å². The second kappa shape index (κ2) is 5.46. The van der Waals surface area contributed by atoms with Crippen LogP contribution in [0.15, 0.2) is 48.5 Å². The molecule has 0 amide bonds. The summed E-state index contributed by atoms with van der Waals surface area (Å²) in [6, 6.07) is 14.4. The molecule has 0 bridgehead atoms. The Morgan fingerprint density at radius 3 is 2.48 bits per heavy atom. The van der Waals surface area contributed by atoms with Gasteiger partial charge in [0.15, 0.2) is 0 Å². The average molecular weight is 282 g/mol. The minimum atomic E-state index is -0.348. The summed E-state index contributed by atoms with van der Waals surface area (Å²) in [5.41, 5.74) is 9.53. The molecule has 0 unspecified atom stereocenters. The third-order valence-corrected chi connectivity index (χ3v) is 3.34. The third kappa shape index (κ3) is 2.43. The largest absolute Gasteiger partial charge is 0.325 e. The van der Waals surface area contributed by atoms with E-state index in [4.69, 9.17) is 5.73 Å². The van der Waals surface area contributed by atoms with Gasteiger partial charge in [0.1, 0.15) is 17.2 Å². The number of para-hydroxylation sites is 1. The van der Waals surface area contributed by atoms with E-state index in [-0.39, 0.29) is 12.4 Å². The van der Waals surface area contributed by atoms with Crippen molar-refractivity contribution in [2.24, 2.45) is 5.73 Å². The second-order valence-corrected chi connectivity index (χ2v) is 4.82. The highest BCUT2D eigenvalue weighted by Gasteiger charge is 2.17. The first kappa shape index (κ1) is 13.5. The third-order valence-electron chi connectivity index (χ3n) is 3.34. The van der Waals surface area contributed by atoms with Crippen LogP contribution in [0.4, 0.5) is 4.39 Å². The summed E-state index contributed by atoms with van der Waals surface area (Å²) in [5, 5.41) is 8.14. The van der Waals surface area contributed by atoms with E-state index in [0.717, 1.165) is 16.8 Å². The number of aryl methyl sites for hydroxylation is 1. The first-order chi connectivity index (χ1) is 10.2. The maximum Gasteiger partial charge on any atom is 0.148 e. The van der Waals surface area contributed by atoms with E-state index < -0.39 is 0 Å². The minimum absolute atomic E-state index is 0.248. The zero-order valence-electron chi connectivity index (χ0n) is 11.6. The van der Waals surface area contributed by atoms with Crippen molar-refractivity contribution < 1.29 is 4.39 Å². The number of hydrogen-bond acceptors (Lipinski definition) is 3. The summed E-state index contributed by atoms with van der Waals surface area (Å²) in [7, 11) is 0. The normalized spacial score (nSPS) is 10.8. The molecule has 0 atom stereocenters. The van der Waals surface area contributed by atoms with Crippen LogP contribution >= 0.6 is 0 Å². The Hall–Kier alpha value is -2.53. The highest BCUT2D eigenvalue weighted by molar-refractivity contribution is 5.64. The van der Waals surface area contributed by atoms with Crippen molar-refractivity contribution in [1.82, 2.24) is 15.0 Å². The lowest BCUT2D eigenvalue weighted by Gasteiger charge is -2.09. The van der Waals surface area contributed by atoms with Crippen molar-refractivity contribution in [2.45, 2.75) is 13.5 Å².